The molecule has 524 valence electrons. The molecule has 0 saturated carbocycles. The lowest BCUT2D eigenvalue weighted by atomic mass is 9.96. The number of amides is 1. The zero-order valence-electron chi connectivity index (χ0n) is 55.4. The highest BCUT2D eigenvalue weighted by atomic mass is 16.8. The number of allylic oxidation sites excluding steroid dienone is 9. The van der Waals surface area contributed by atoms with Gasteiger partial charge in [-0.05, 0) is 57.8 Å². The molecule has 0 aromatic carbocycles. The number of ether oxygens (including phenoxy) is 6. The van der Waals surface area contributed by atoms with Crippen molar-refractivity contribution in [1.29, 1.82) is 0 Å². The average Bonchev–Trinajstić information content (AvgIpc) is 0.864. The first-order valence-corrected chi connectivity index (χ1v) is 35.5. The minimum Gasteiger partial charge on any atom is -0.394 e. The molecule has 1 amide bonds. The van der Waals surface area contributed by atoms with Crippen molar-refractivity contribution in [3.63, 3.8) is 0 Å². The summed E-state index contributed by atoms with van der Waals surface area (Å²) in [5.74, 6) is -0.275. The van der Waals surface area contributed by atoms with Gasteiger partial charge in [-0.15, -0.1) is 0 Å². The number of unbranched alkanes of at least 4 members (excludes halogenated alkanes) is 30. The van der Waals surface area contributed by atoms with Crippen molar-refractivity contribution in [2.45, 2.75) is 356 Å². The fraction of sp³-hybridized carbons (Fsp3) is 0.845. The summed E-state index contributed by atoms with van der Waals surface area (Å²) in [5.41, 5.74) is 0. The van der Waals surface area contributed by atoms with Crippen LogP contribution in [0.4, 0.5) is 0 Å². The summed E-state index contributed by atoms with van der Waals surface area (Å²) < 4.78 is 34.3. The van der Waals surface area contributed by atoms with Crippen LogP contribution < -0.4 is 5.32 Å². The molecule has 3 saturated heterocycles. The highest BCUT2D eigenvalue weighted by molar-refractivity contribution is 5.76. The van der Waals surface area contributed by atoms with Crippen molar-refractivity contribution in [2.24, 2.45) is 0 Å². The van der Waals surface area contributed by atoms with Crippen LogP contribution in [0.2, 0.25) is 0 Å². The Morgan fingerprint density at radius 2 is 0.767 bits per heavy atom. The van der Waals surface area contributed by atoms with Crippen molar-refractivity contribution < 1.29 is 89.4 Å². The highest BCUT2D eigenvalue weighted by Crippen LogP contribution is 2.33. The molecule has 0 aliphatic carbocycles. The van der Waals surface area contributed by atoms with Crippen LogP contribution in [0.15, 0.2) is 60.8 Å². The number of aliphatic hydroxyl groups is 11. The quantitative estimate of drug-likeness (QED) is 0.0199. The number of hydrogen-bond donors (Lipinski definition) is 12. The maximum Gasteiger partial charge on any atom is 0.220 e. The Morgan fingerprint density at radius 3 is 1.20 bits per heavy atom. The van der Waals surface area contributed by atoms with E-state index < -0.39 is 124 Å². The van der Waals surface area contributed by atoms with Crippen molar-refractivity contribution in [1.82, 2.24) is 5.32 Å². The summed E-state index contributed by atoms with van der Waals surface area (Å²) in [4.78, 5) is 13.4. The van der Waals surface area contributed by atoms with E-state index in [4.69, 9.17) is 28.4 Å². The molecule has 3 aliphatic heterocycles. The highest BCUT2D eigenvalue weighted by Gasteiger charge is 2.53. The molecule has 19 nitrogen and oxygen atoms in total. The predicted molar refractivity (Wildman–Crippen MR) is 351 cm³/mol. The Kier molecular flexibility index (Phi) is 47.9. The molecule has 19 heteroatoms. The molecule has 0 radical (unpaired) electrons. The van der Waals surface area contributed by atoms with Gasteiger partial charge in [-0.1, -0.05) is 248 Å². The second-order valence-electron chi connectivity index (χ2n) is 25.3. The Labute approximate surface area is 541 Å². The lowest BCUT2D eigenvalue weighted by molar-refractivity contribution is -0.379. The van der Waals surface area contributed by atoms with Gasteiger partial charge in [-0.3, -0.25) is 4.79 Å². The van der Waals surface area contributed by atoms with Crippen LogP contribution in [0.1, 0.15) is 251 Å². The van der Waals surface area contributed by atoms with E-state index >= 15 is 0 Å². The molecule has 17 unspecified atom stereocenters. The van der Waals surface area contributed by atoms with Crippen LogP contribution in [0, 0.1) is 0 Å². The number of nitrogens with one attached hydrogen (secondary N) is 1. The molecule has 3 fully saturated rings. The third-order valence-corrected chi connectivity index (χ3v) is 17.6. The minimum atomic E-state index is -1.98. The summed E-state index contributed by atoms with van der Waals surface area (Å²) in [6, 6.07) is -0.972. The molecular weight excluding hydrogens is 1150 g/mol. The zero-order valence-corrected chi connectivity index (χ0v) is 55.4. The number of carbonyl (C=O) groups excluding carboxylic acids is 1. The second-order valence-corrected chi connectivity index (χ2v) is 25.3. The fourth-order valence-electron chi connectivity index (χ4n) is 11.8. The van der Waals surface area contributed by atoms with Crippen LogP contribution in [0.5, 0.6) is 0 Å². The number of aliphatic hydroxyl groups excluding tert-OH is 11. The molecule has 0 bridgehead atoms. The Hall–Kier alpha value is -2.51. The van der Waals surface area contributed by atoms with Gasteiger partial charge in [0.25, 0.3) is 0 Å². The third-order valence-electron chi connectivity index (χ3n) is 17.6. The predicted octanol–water partition coefficient (Wildman–Crippen LogP) is 9.55. The molecule has 3 heterocycles. The molecule has 0 spiro atoms. The normalized spacial score (nSPS) is 28.4. The first-order chi connectivity index (χ1) is 43.8. The Bertz CT molecular complexity index is 1870. The van der Waals surface area contributed by atoms with E-state index in [0.29, 0.717) is 6.42 Å². The molecule has 0 aromatic rings. The average molecular weight is 1280 g/mol. The van der Waals surface area contributed by atoms with Crippen LogP contribution >= 0.6 is 0 Å². The number of hydrogen-bond acceptors (Lipinski definition) is 18. The molecule has 3 rings (SSSR count). The van der Waals surface area contributed by atoms with E-state index in [9.17, 15) is 61.0 Å². The van der Waals surface area contributed by atoms with Gasteiger partial charge in [0.15, 0.2) is 18.9 Å². The monoisotopic (exact) mass is 1280 g/mol. The van der Waals surface area contributed by atoms with Gasteiger partial charge in [-0.2, -0.15) is 0 Å². The van der Waals surface area contributed by atoms with Gasteiger partial charge < -0.3 is 89.9 Å². The first-order valence-electron chi connectivity index (χ1n) is 35.5. The van der Waals surface area contributed by atoms with E-state index in [1.807, 2.05) is 6.08 Å². The zero-order chi connectivity index (χ0) is 65.4. The molecule has 12 N–H and O–H groups in total. The lowest BCUT2D eigenvalue weighted by Crippen LogP contribution is -2.66. The van der Waals surface area contributed by atoms with E-state index in [1.165, 1.54) is 154 Å². The molecule has 3 aliphatic rings. The largest absolute Gasteiger partial charge is 0.394 e. The summed E-state index contributed by atoms with van der Waals surface area (Å²) in [6.07, 6.45) is 37.9. The summed E-state index contributed by atoms with van der Waals surface area (Å²) >= 11 is 0. The van der Waals surface area contributed by atoms with Crippen molar-refractivity contribution in [3.8, 4) is 0 Å². The SMILES string of the molecule is CC/C=C\C/C=C\C/C=C\C/C=C\CCCCCCCCCCCCCCCCCCCCCCC(=O)NC(COC1OC(CO)C(OC2OC(CO)C(OC3OC(CO)C(O)C(O)C3O)C(O)C2O)C(O)C1O)C(O)/C=C/CCCCCCCCCCCC. The number of rotatable bonds is 54. The maximum atomic E-state index is 13.4. The molecule has 17 atom stereocenters. The van der Waals surface area contributed by atoms with Gasteiger partial charge in [0.2, 0.25) is 5.91 Å². The number of carbonyl (C=O) groups is 1. The topological polar surface area (TPSA) is 307 Å². The summed E-state index contributed by atoms with van der Waals surface area (Å²) in [7, 11) is 0. The van der Waals surface area contributed by atoms with E-state index in [2.05, 4.69) is 67.8 Å². The second kappa shape index (κ2) is 52.7. The van der Waals surface area contributed by atoms with E-state index in [1.54, 1.807) is 6.08 Å². The van der Waals surface area contributed by atoms with Gasteiger partial charge in [0, 0.05) is 6.42 Å². The van der Waals surface area contributed by atoms with Crippen molar-refractivity contribution in [3.05, 3.63) is 60.8 Å². The van der Waals surface area contributed by atoms with Crippen LogP contribution in [0.3, 0.4) is 0 Å². The minimum absolute atomic E-state index is 0.244. The van der Waals surface area contributed by atoms with Crippen LogP contribution in [-0.2, 0) is 33.2 Å². The van der Waals surface area contributed by atoms with Crippen molar-refractivity contribution in [2.75, 3.05) is 26.4 Å². The molecular formula is C71H127NO18. The Balaban J connectivity index is 1.34. The van der Waals surface area contributed by atoms with Crippen molar-refractivity contribution >= 4 is 5.91 Å². The van der Waals surface area contributed by atoms with E-state index in [0.717, 1.165) is 70.6 Å². The smallest absolute Gasteiger partial charge is 0.220 e. The van der Waals surface area contributed by atoms with E-state index in [-0.39, 0.29) is 18.9 Å². The first kappa shape index (κ1) is 81.7. The van der Waals surface area contributed by atoms with Gasteiger partial charge in [-0.25, -0.2) is 0 Å². The van der Waals surface area contributed by atoms with Gasteiger partial charge in [0.05, 0.1) is 38.6 Å². The molecule has 90 heavy (non-hydrogen) atoms. The molecule has 0 aromatic heterocycles. The lowest BCUT2D eigenvalue weighted by Gasteiger charge is -2.48. The maximum absolute atomic E-state index is 13.4. The van der Waals surface area contributed by atoms with Crippen LogP contribution in [-0.4, -0.2) is 193 Å². The third kappa shape index (κ3) is 34.2. The summed E-state index contributed by atoms with van der Waals surface area (Å²) in [5, 5.41) is 120. The van der Waals surface area contributed by atoms with Crippen LogP contribution in [0.25, 0.3) is 0 Å². The van der Waals surface area contributed by atoms with Gasteiger partial charge >= 0.3 is 0 Å². The summed E-state index contributed by atoms with van der Waals surface area (Å²) in [6.45, 7) is 1.61. The van der Waals surface area contributed by atoms with Gasteiger partial charge in [0.1, 0.15) is 73.2 Å². The fourth-order valence-corrected chi connectivity index (χ4v) is 11.8. The Morgan fingerprint density at radius 1 is 0.411 bits per heavy atom. The standard InChI is InChI=1S/C71H127NO18/c1-3-5-7-9-11-13-15-17-18-19-20-21-22-23-24-25-26-27-28-29-30-31-32-33-34-35-36-37-39-41-43-45-47-49-59(77)72-54(55(76)48-46-44-42-40-38-16-14-12-10-8-6-4-2)53-85-69-65(83)62(80)67(57(51-74)87-69)90-71-66(84)63(81)68(58(52-75)88-71)89-70-64(82)61(79)60(78)56(50-73)86-70/h5,7,11,13,17-18,20-21,46,48,54-58,60-71,73-76,78-84H,3-4,6,8-10,12,14-16,19,22-45,47,49-53H2,1-2H3,(H,72,77)/b7-5-,13-11-,18-17-,21-20-,48-46+.